The highest BCUT2D eigenvalue weighted by Gasteiger charge is 2.27. The largest absolute Gasteiger partial charge is 0.377 e. The van der Waals surface area contributed by atoms with E-state index in [4.69, 9.17) is 11.6 Å². The molecule has 5 nitrogen and oxygen atoms in total. The van der Waals surface area contributed by atoms with Crippen molar-refractivity contribution in [2.45, 2.75) is 51.6 Å². The average molecular weight is 299 g/mol. The van der Waals surface area contributed by atoms with Gasteiger partial charge in [-0.2, -0.15) is 5.10 Å². The van der Waals surface area contributed by atoms with Crippen molar-refractivity contribution in [3.8, 4) is 0 Å². The molecule has 112 valence electrons. The van der Waals surface area contributed by atoms with Crippen LogP contribution in [0, 0.1) is 0 Å². The van der Waals surface area contributed by atoms with Gasteiger partial charge < -0.3 is 10.6 Å². The van der Waals surface area contributed by atoms with Crippen LogP contribution in [0.15, 0.2) is 11.0 Å². The fraction of sp³-hybridized carbons (Fsp3) is 0.714. The van der Waals surface area contributed by atoms with E-state index in [1.807, 2.05) is 0 Å². The topological polar surface area (TPSA) is 59.0 Å². The van der Waals surface area contributed by atoms with Crippen molar-refractivity contribution in [2.75, 3.05) is 18.4 Å². The molecule has 1 aromatic rings. The van der Waals surface area contributed by atoms with Crippen molar-refractivity contribution in [2.24, 2.45) is 0 Å². The van der Waals surface area contributed by atoms with E-state index in [1.165, 1.54) is 4.68 Å². The molecule has 0 spiro atoms. The average Bonchev–Trinajstić information content (AvgIpc) is 2.44. The number of nitrogens with one attached hydrogen (secondary N) is 2. The van der Waals surface area contributed by atoms with Crippen molar-refractivity contribution in [1.29, 1.82) is 0 Å². The monoisotopic (exact) mass is 298 g/mol. The third-order valence-corrected chi connectivity index (χ3v) is 4.22. The summed E-state index contributed by atoms with van der Waals surface area (Å²) < 4.78 is 1.45. The zero-order valence-electron chi connectivity index (χ0n) is 12.2. The highest BCUT2D eigenvalue weighted by molar-refractivity contribution is 6.32. The van der Waals surface area contributed by atoms with E-state index in [0.29, 0.717) is 12.2 Å². The van der Waals surface area contributed by atoms with Gasteiger partial charge in [-0.3, -0.25) is 4.79 Å². The lowest BCUT2D eigenvalue weighted by Crippen LogP contribution is -2.45. The molecule has 0 unspecified atom stereocenters. The SMILES string of the molecule is CCCCn1ncc(NC2(C)CCNCC2)c(Cl)c1=O. The zero-order chi connectivity index (χ0) is 14.6. The maximum Gasteiger partial charge on any atom is 0.287 e. The first-order valence-corrected chi connectivity index (χ1v) is 7.68. The Labute approximate surface area is 124 Å². The summed E-state index contributed by atoms with van der Waals surface area (Å²) in [5.74, 6) is 0. The van der Waals surface area contributed by atoms with Crippen LogP contribution < -0.4 is 16.2 Å². The van der Waals surface area contributed by atoms with Gasteiger partial charge in [0.1, 0.15) is 5.02 Å². The molecule has 2 heterocycles. The van der Waals surface area contributed by atoms with Gasteiger partial charge in [0.05, 0.1) is 11.9 Å². The molecule has 1 saturated heterocycles. The Morgan fingerprint density at radius 2 is 2.20 bits per heavy atom. The van der Waals surface area contributed by atoms with Crippen molar-refractivity contribution >= 4 is 17.3 Å². The number of hydrogen-bond donors (Lipinski definition) is 2. The molecule has 2 rings (SSSR count). The Kier molecular flexibility index (Phi) is 5.05. The molecule has 0 aliphatic carbocycles. The van der Waals surface area contributed by atoms with Crippen molar-refractivity contribution in [1.82, 2.24) is 15.1 Å². The van der Waals surface area contributed by atoms with Gasteiger partial charge in [-0.1, -0.05) is 24.9 Å². The third-order valence-electron chi connectivity index (χ3n) is 3.85. The fourth-order valence-electron chi connectivity index (χ4n) is 2.45. The number of nitrogens with zero attached hydrogens (tertiary/aromatic N) is 2. The van der Waals surface area contributed by atoms with E-state index in [0.717, 1.165) is 38.8 Å². The minimum absolute atomic E-state index is 0.0292. The van der Waals surface area contributed by atoms with Gasteiger partial charge in [-0.25, -0.2) is 4.68 Å². The molecular formula is C14H23ClN4O. The van der Waals surface area contributed by atoms with E-state index >= 15 is 0 Å². The zero-order valence-corrected chi connectivity index (χ0v) is 13.0. The van der Waals surface area contributed by atoms with E-state index in [1.54, 1.807) is 6.20 Å². The Balaban J connectivity index is 2.16. The van der Waals surface area contributed by atoms with E-state index < -0.39 is 0 Å². The van der Waals surface area contributed by atoms with Crippen LogP contribution in [0.2, 0.25) is 5.02 Å². The van der Waals surface area contributed by atoms with Crippen LogP contribution in [0.1, 0.15) is 39.5 Å². The fourth-order valence-corrected chi connectivity index (χ4v) is 2.64. The Bertz CT molecular complexity index is 508. The van der Waals surface area contributed by atoms with Gasteiger partial charge >= 0.3 is 0 Å². The van der Waals surface area contributed by atoms with Crippen LogP contribution in [0.4, 0.5) is 5.69 Å². The molecule has 20 heavy (non-hydrogen) atoms. The summed E-state index contributed by atoms with van der Waals surface area (Å²) in [5, 5.41) is 11.2. The standard InChI is InChI=1S/C14H23ClN4O/c1-3-4-9-19-13(20)12(15)11(10-17-19)18-14(2)5-7-16-8-6-14/h10,16,18H,3-9H2,1-2H3. The van der Waals surface area contributed by atoms with E-state index in [2.05, 4.69) is 29.6 Å². The molecule has 1 aromatic heterocycles. The number of hydrogen-bond acceptors (Lipinski definition) is 4. The van der Waals surface area contributed by atoms with Gasteiger partial charge in [-0.05, 0) is 39.3 Å². The van der Waals surface area contributed by atoms with Crippen molar-refractivity contribution < 1.29 is 0 Å². The molecule has 0 bridgehead atoms. The van der Waals surface area contributed by atoms with Gasteiger partial charge in [0.15, 0.2) is 0 Å². The van der Waals surface area contributed by atoms with Crippen LogP contribution in [0.3, 0.4) is 0 Å². The van der Waals surface area contributed by atoms with Crippen molar-refractivity contribution in [3.05, 3.63) is 21.6 Å². The number of rotatable bonds is 5. The van der Waals surface area contributed by atoms with Crippen LogP contribution in [-0.2, 0) is 6.54 Å². The highest BCUT2D eigenvalue weighted by Crippen LogP contribution is 2.26. The molecule has 1 aliphatic rings. The highest BCUT2D eigenvalue weighted by atomic mass is 35.5. The normalized spacial score (nSPS) is 17.9. The van der Waals surface area contributed by atoms with Gasteiger partial charge in [0, 0.05) is 12.1 Å². The van der Waals surface area contributed by atoms with Crippen LogP contribution >= 0.6 is 11.6 Å². The summed E-state index contributed by atoms with van der Waals surface area (Å²) in [7, 11) is 0. The first-order valence-electron chi connectivity index (χ1n) is 7.30. The number of aryl methyl sites for hydroxylation is 1. The Hall–Kier alpha value is -1.07. The molecule has 1 fully saturated rings. The van der Waals surface area contributed by atoms with Gasteiger partial charge in [0.25, 0.3) is 5.56 Å². The summed E-state index contributed by atoms with van der Waals surface area (Å²) in [6.07, 6.45) is 5.63. The number of aromatic nitrogens is 2. The first-order chi connectivity index (χ1) is 9.56. The molecule has 0 atom stereocenters. The molecule has 0 saturated carbocycles. The third kappa shape index (κ3) is 3.52. The van der Waals surface area contributed by atoms with Crippen LogP contribution in [0.5, 0.6) is 0 Å². The summed E-state index contributed by atoms with van der Waals surface area (Å²) in [6, 6.07) is 0. The predicted octanol–water partition coefficient (Wildman–Crippen LogP) is 2.25. The second kappa shape index (κ2) is 6.59. The van der Waals surface area contributed by atoms with Crippen LogP contribution in [-0.4, -0.2) is 28.4 Å². The number of halogens is 1. The lowest BCUT2D eigenvalue weighted by molar-refractivity contribution is 0.365. The smallest absolute Gasteiger partial charge is 0.287 e. The number of anilines is 1. The molecule has 6 heteroatoms. The molecule has 0 radical (unpaired) electrons. The molecule has 1 aliphatic heterocycles. The first kappa shape index (κ1) is 15.3. The lowest BCUT2D eigenvalue weighted by atomic mass is 9.90. The summed E-state index contributed by atoms with van der Waals surface area (Å²) >= 11 is 6.21. The lowest BCUT2D eigenvalue weighted by Gasteiger charge is -2.36. The molecule has 0 amide bonds. The number of unbranched alkanes of at least 4 members (excludes halogenated alkanes) is 1. The van der Waals surface area contributed by atoms with Crippen LogP contribution in [0.25, 0.3) is 0 Å². The maximum atomic E-state index is 12.2. The maximum absolute atomic E-state index is 12.2. The Morgan fingerprint density at radius 1 is 1.50 bits per heavy atom. The van der Waals surface area contributed by atoms with Crippen molar-refractivity contribution in [3.63, 3.8) is 0 Å². The minimum Gasteiger partial charge on any atom is -0.377 e. The predicted molar refractivity (Wildman–Crippen MR) is 82.5 cm³/mol. The summed E-state index contributed by atoms with van der Waals surface area (Å²) in [6.45, 7) is 6.81. The molecule has 0 aromatic carbocycles. The second-order valence-corrected chi connectivity index (χ2v) is 6.07. The minimum atomic E-state index is -0.206. The number of piperidine rings is 1. The van der Waals surface area contributed by atoms with E-state index in [-0.39, 0.29) is 16.1 Å². The van der Waals surface area contributed by atoms with Gasteiger partial charge in [0.2, 0.25) is 0 Å². The van der Waals surface area contributed by atoms with Gasteiger partial charge in [-0.15, -0.1) is 0 Å². The second-order valence-electron chi connectivity index (χ2n) is 5.69. The summed E-state index contributed by atoms with van der Waals surface area (Å²) in [4.78, 5) is 12.2. The quantitative estimate of drug-likeness (QED) is 0.875. The summed E-state index contributed by atoms with van der Waals surface area (Å²) in [5.41, 5.74) is 0.412. The Morgan fingerprint density at radius 3 is 2.85 bits per heavy atom. The molecule has 2 N–H and O–H groups in total. The molecular weight excluding hydrogens is 276 g/mol. The van der Waals surface area contributed by atoms with E-state index in [9.17, 15) is 4.79 Å².